The normalized spacial score (nSPS) is 21.6. The summed E-state index contributed by atoms with van der Waals surface area (Å²) in [5.41, 5.74) is 1.63. The summed E-state index contributed by atoms with van der Waals surface area (Å²) in [4.78, 5) is 19.2. The number of amides is 1. The molecule has 0 unspecified atom stereocenters. The molecule has 1 saturated carbocycles. The molecule has 9 heteroatoms. The summed E-state index contributed by atoms with van der Waals surface area (Å²) in [6.45, 7) is 5.59. The highest BCUT2D eigenvalue weighted by atomic mass is 19.4. The number of oxazole rings is 1. The zero-order valence-corrected chi connectivity index (χ0v) is 23.7. The number of nitrogens with zero attached hydrogens (tertiary/aromatic N) is 2. The fourth-order valence-corrected chi connectivity index (χ4v) is 6.25. The van der Waals surface area contributed by atoms with Crippen LogP contribution in [0.3, 0.4) is 0 Å². The molecule has 2 fully saturated rings. The van der Waals surface area contributed by atoms with Crippen molar-refractivity contribution >= 4 is 17.6 Å². The molecule has 220 valence electrons. The van der Waals surface area contributed by atoms with Gasteiger partial charge in [-0.15, -0.1) is 0 Å². The van der Waals surface area contributed by atoms with E-state index in [2.05, 4.69) is 20.5 Å². The van der Waals surface area contributed by atoms with Crippen LogP contribution in [-0.4, -0.2) is 36.1 Å². The lowest BCUT2D eigenvalue weighted by molar-refractivity contribution is -0.137. The van der Waals surface area contributed by atoms with E-state index < -0.39 is 11.7 Å². The molecule has 1 aliphatic carbocycles. The monoisotopic (exact) mass is 568 g/mol. The molecule has 2 N–H and O–H groups in total. The van der Waals surface area contributed by atoms with Gasteiger partial charge < -0.3 is 20.0 Å². The van der Waals surface area contributed by atoms with E-state index in [1.807, 2.05) is 32.0 Å². The highest BCUT2D eigenvalue weighted by Gasteiger charge is 2.32. The van der Waals surface area contributed by atoms with E-state index in [1.54, 1.807) is 24.4 Å². The maximum absolute atomic E-state index is 13.0. The molecule has 2 heterocycles. The molecule has 1 aliphatic heterocycles. The Hall–Kier alpha value is -3.49. The number of piperidine rings is 1. The van der Waals surface area contributed by atoms with Crippen LogP contribution in [0.15, 0.2) is 59.1 Å². The number of hydrogen-bond donors (Lipinski definition) is 2. The van der Waals surface area contributed by atoms with E-state index >= 15 is 0 Å². The highest BCUT2D eigenvalue weighted by Crippen LogP contribution is 2.36. The van der Waals surface area contributed by atoms with Gasteiger partial charge in [0.15, 0.2) is 5.76 Å². The second kappa shape index (κ2) is 12.6. The van der Waals surface area contributed by atoms with Gasteiger partial charge in [-0.25, -0.2) is 4.98 Å². The quantitative estimate of drug-likeness (QED) is 0.290. The molecule has 0 spiro atoms. The van der Waals surface area contributed by atoms with Crippen LogP contribution in [0.4, 0.5) is 24.9 Å². The van der Waals surface area contributed by atoms with Crippen molar-refractivity contribution in [3.63, 3.8) is 0 Å². The SMILES string of the molecule is CC(C)NC(=O)c1cccc(-c2cnc(N[C@@H]3CCCC[C@H]3C[C@H]3CCCN(c4ccc(C(F)(F)F)cc4)C3)o2)c1. The minimum atomic E-state index is -4.32. The third kappa shape index (κ3) is 7.43. The Kier molecular flexibility index (Phi) is 8.90. The van der Waals surface area contributed by atoms with Crippen LogP contribution in [0.5, 0.6) is 0 Å². The lowest BCUT2D eigenvalue weighted by Gasteiger charge is -2.39. The van der Waals surface area contributed by atoms with E-state index in [9.17, 15) is 18.0 Å². The summed E-state index contributed by atoms with van der Waals surface area (Å²) in [6.07, 6.45) is 5.13. The standard InChI is InChI=1S/C32H39F3N4O2/c1-21(2)37-30(40)25-10-5-9-24(18-25)29-19-36-31(41-29)38-28-11-4-3-8-23(28)17-22-7-6-16-39(20-22)27-14-12-26(13-15-27)32(33,34)35/h5,9-10,12-15,18-19,21-23,28H,3-4,6-8,11,16-17,20H2,1-2H3,(H,36,38)(H,37,40)/t22-,23+,28-/m1/s1. The molecular weight excluding hydrogens is 529 g/mol. The van der Waals surface area contributed by atoms with Gasteiger partial charge in [0.05, 0.1) is 11.8 Å². The lowest BCUT2D eigenvalue weighted by atomic mass is 9.77. The number of rotatable bonds is 8. The first kappa shape index (κ1) is 29.0. The number of alkyl halides is 3. The second-order valence-electron chi connectivity index (χ2n) is 11.8. The summed E-state index contributed by atoms with van der Waals surface area (Å²) in [7, 11) is 0. The Morgan fingerprint density at radius 2 is 1.85 bits per heavy atom. The molecule has 2 aliphatic rings. The second-order valence-corrected chi connectivity index (χ2v) is 11.8. The first-order valence-corrected chi connectivity index (χ1v) is 14.7. The summed E-state index contributed by atoms with van der Waals surface area (Å²) in [5, 5.41) is 6.47. The zero-order chi connectivity index (χ0) is 29.0. The predicted octanol–water partition coefficient (Wildman–Crippen LogP) is 7.78. The molecule has 3 atom stereocenters. The number of carbonyl (C=O) groups excluding carboxylic acids is 1. The van der Waals surface area contributed by atoms with Crippen molar-refractivity contribution in [3.05, 3.63) is 65.9 Å². The van der Waals surface area contributed by atoms with Gasteiger partial charge in [0, 0.05) is 42.0 Å². The van der Waals surface area contributed by atoms with Crippen molar-refractivity contribution in [2.75, 3.05) is 23.3 Å². The number of nitrogens with one attached hydrogen (secondary N) is 2. The molecule has 1 amide bonds. The molecule has 1 aromatic heterocycles. The Morgan fingerprint density at radius 1 is 1.07 bits per heavy atom. The van der Waals surface area contributed by atoms with Gasteiger partial charge in [0.2, 0.25) is 0 Å². The fraction of sp³-hybridized carbons (Fsp3) is 0.500. The fourth-order valence-electron chi connectivity index (χ4n) is 6.25. The van der Waals surface area contributed by atoms with Gasteiger partial charge in [0.1, 0.15) is 0 Å². The molecule has 3 aromatic rings. The molecule has 1 saturated heterocycles. The summed E-state index contributed by atoms with van der Waals surface area (Å²) >= 11 is 0. The van der Waals surface area contributed by atoms with Crippen LogP contribution < -0.4 is 15.5 Å². The van der Waals surface area contributed by atoms with Crippen LogP contribution in [0.2, 0.25) is 0 Å². The van der Waals surface area contributed by atoms with Gasteiger partial charge in [0.25, 0.3) is 11.9 Å². The number of aromatic nitrogens is 1. The van der Waals surface area contributed by atoms with Crippen molar-refractivity contribution < 1.29 is 22.4 Å². The first-order valence-electron chi connectivity index (χ1n) is 14.7. The molecule has 41 heavy (non-hydrogen) atoms. The largest absolute Gasteiger partial charge is 0.424 e. The van der Waals surface area contributed by atoms with Gasteiger partial charge in [-0.1, -0.05) is 25.0 Å². The van der Waals surface area contributed by atoms with Crippen molar-refractivity contribution in [2.45, 2.75) is 77.1 Å². The Bertz CT molecular complexity index is 1300. The minimum absolute atomic E-state index is 0.0529. The first-order chi connectivity index (χ1) is 19.7. The minimum Gasteiger partial charge on any atom is -0.424 e. The number of anilines is 2. The van der Waals surface area contributed by atoms with E-state index in [0.717, 1.165) is 62.9 Å². The predicted molar refractivity (Wildman–Crippen MR) is 155 cm³/mol. The molecule has 0 bridgehead atoms. The average Bonchev–Trinajstić information content (AvgIpc) is 3.42. The van der Waals surface area contributed by atoms with Crippen LogP contribution in [0, 0.1) is 11.8 Å². The van der Waals surface area contributed by atoms with Crippen molar-refractivity contribution in [1.82, 2.24) is 10.3 Å². The molecule has 0 radical (unpaired) electrons. The van der Waals surface area contributed by atoms with E-state index in [-0.39, 0.29) is 18.0 Å². The topological polar surface area (TPSA) is 70.4 Å². The zero-order valence-electron chi connectivity index (χ0n) is 23.7. The Balaban J connectivity index is 1.21. The van der Waals surface area contributed by atoms with Gasteiger partial charge >= 0.3 is 6.18 Å². The van der Waals surface area contributed by atoms with Crippen molar-refractivity contribution in [2.24, 2.45) is 11.8 Å². The Morgan fingerprint density at radius 3 is 2.61 bits per heavy atom. The lowest BCUT2D eigenvalue weighted by Crippen LogP contribution is -2.39. The van der Waals surface area contributed by atoms with E-state index in [0.29, 0.717) is 29.2 Å². The molecule has 6 nitrogen and oxygen atoms in total. The van der Waals surface area contributed by atoms with E-state index in [1.165, 1.54) is 18.6 Å². The van der Waals surface area contributed by atoms with Gasteiger partial charge in [-0.05, 0) is 94.2 Å². The van der Waals surface area contributed by atoms with Crippen LogP contribution in [0.1, 0.15) is 74.7 Å². The summed E-state index contributed by atoms with van der Waals surface area (Å²) in [5.74, 6) is 1.45. The van der Waals surface area contributed by atoms with Crippen LogP contribution >= 0.6 is 0 Å². The summed E-state index contributed by atoms with van der Waals surface area (Å²) < 4.78 is 45.1. The smallest absolute Gasteiger partial charge is 0.416 e. The van der Waals surface area contributed by atoms with Gasteiger partial charge in [-0.2, -0.15) is 13.2 Å². The van der Waals surface area contributed by atoms with E-state index in [4.69, 9.17) is 4.42 Å². The number of benzene rings is 2. The van der Waals surface area contributed by atoms with Crippen LogP contribution in [-0.2, 0) is 6.18 Å². The number of hydrogen-bond acceptors (Lipinski definition) is 5. The third-order valence-corrected chi connectivity index (χ3v) is 8.27. The number of halogens is 3. The number of carbonyl (C=O) groups is 1. The summed E-state index contributed by atoms with van der Waals surface area (Å²) in [6, 6.07) is 13.7. The maximum atomic E-state index is 13.0. The molecule has 2 aromatic carbocycles. The molecule has 5 rings (SSSR count). The Labute approximate surface area is 239 Å². The molecular formula is C32H39F3N4O2. The van der Waals surface area contributed by atoms with Crippen molar-refractivity contribution in [3.8, 4) is 11.3 Å². The maximum Gasteiger partial charge on any atom is 0.416 e. The van der Waals surface area contributed by atoms with Crippen molar-refractivity contribution in [1.29, 1.82) is 0 Å². The van der Waals surface area contributed by atoms with Gasteiger partial charge in [-0.3, -0.25) is 4.79 Å². The average molecular weight is 569 g/mol. The van der Waals surface area contributed by atoms with Crippen LogP contribution in [0.25, 0.3) is 11.3 Å². The third-order valence-electron chi connectivity index (χ3n) is 8.27. The highest BCUT2D eigenvalue weighted by molar-refractivity contribution is 5.95.